The van der Waals surface area contributed by atoms with Gasteiger partial charge < -0.3 is 10.8 Å². The Hall–Kier alpha value is -1.88. The van der Waals surface area contributed by atoms with Crippen LogP contribution in [-0.4, -0.2) is 21.2 Å². The first kappa shape index (κ1) is 10.6. The molecule has 0 fully saturated rings. The predicted octanol–water partition coefficient (Wildman–Crippen LogP) is 0.451. The van der Waals surface area contributed by atoms with E-state index < -0.39 is 0 Å². The van der Waals surface area contributed by atoms with Crippen molar-refractivity contribution < 1.29 is 5.11 Å². The van der Waals surface area contributed by atoms with Gasteiger partial charge in [0, 0.05) is 6.54 Å². The normalized spacial score (nSPS) is 10.8. The molecule has 0 atom stereocenters. The van der Waals surface area contributed by atoms with Crippen LogP contribution in [0.4, 0.5) is 0 Å². The minimum absolute atomic E-state index is 0.0305. The lowest BCUT2D eigenvalue weighted by Crippen LogP contribution is -2.22. The molecular weight excluding hydrogens is 206 g/mol. The number of hydrogen-bond acceptors (Lipinski definition) is 4. The lowest BCUT2D eigenvalue weighted by Gasteiger charge is -2.06. The third-order valence-electron chi connectivity index (χ3n) is 2.43. The van der Waals surface area contributed by atoms with Gasteiger partial charge in [0.05, 0.1) is 11.8 Å². The first-order chi connectivity index (χ1) is 7.74. The molecule has 1 aromatic carbocycles. The van der Waals surface area contributed by atoms with Crippen molar-refractivity contribution in [2.45, 2.75) is 13.0 Å². The minimum Gasteiger partial charge on any atom is -0.507 e. The second kappa shape index (κ2) is 4.32. The number of phenols is 1. The molecule has 0 unspecified atom stereocenters. The van der Waals surface area contributed by atoms with Crippen molar-refractivity contribution in [2.24, 2.45) is 5.73 Å². The van der Waals surface area contributed by atoms with Gasteiger partial charge in [-0.25, -0.2) is 4.98 Å². The van der Waals surface area contributed by atoms with Gasteiger partial charge in [-0.15, -0.1) is 0 Å². The van der Waals surface area contributed by atoms with Crippen LogP contribution in [-0.2, 0) is 6.54 Å². The quantitative estimate of drug-likeness (QED) is 0.785. The maximum absolute atomic E-state index is 12.0. The van der Waals surface area contributed by atoms with Gasteiger partial charge in [-0.2, -0.15) is 0 Å². The van der Waals surface area contributed by atoms with E-state index in [1.807, 2.05) is 0 Å². The Balaban J connectivity index is 2.60. The summed E-state index contributed by atoms with van der Waals surface area (Å²) in [4.78, 5) is 16.1. The second-order valence-corrected chi connectivity index (χ2v) is 3.56. The third kappa shape index (κ3) is 1.77. The minimum atomic E-state index is -0.225. The Kier molecular flexibility index (Phi) is 2.87. The van der Waals surface area contributed by atoms with Gasteiger partial charge in [0.15, 0.2) is 0 Å². The SMILES string of the molecule is NCCCn1cnc2cccc(O)c2c1=O. The molecule has 16 heavy (non-hydrogen) atoms. The van der Waals surface area contributed by atoms with Crippen LogP contribution in [0.2, 0.25) is 0 Å². The van der Waals surface area contributed by atoms with E-state index >= 15 is 0 Å². The van der Waals surface area contributed by atoms with E-state index in [0.717, 1.165) is 0 Å². The van der Waals surface area contributed by atoms with Crippen LogP contribution in [0.5, 0.6) is 5.75 Å². The van der Waals surface area contributed by atoms with Crippen LogP contribution in [0.15, 0.2) is 29.3 Å². The van der Waals surface area contributed by atoms with E-state index in [1.165, 1.54) is 17.0 Å². The smallest absolute Gasteiger partial charge is 0.264 e. The molecule has 0 saturated heterocycles. The lowest BCUT2D eigenvalue weighted by molar-refractivity contribution is 0.480. The molecule has 1 heterocycles. The molecule has 0 radical (unpaired) electrons. The third-order valence-corrected chi connectivity index (χ3v) is 2.43. The molecule has 84 valence electrons. The zero-order valence-electron chi connectivity index (χ0n) is 8.76. The Morgan fingerprint density at radius 2 is 2.25 bits per heavy atom. The summed E-state index contributed by atoms with van der Waals surface area (Å²) in [6.45, 7) is 1.04. The highest BCUT2D eigenvalue weighted by molar-refractivity contribution is 5.83. The molecule has 0 aliphatic carbocycles. The fourth-order valence-electron chi connectivity index (χ4n) is 1.60. The number of hydrogen-bond donors (Lipinski definition) is 2. The molecule has 0 aliphatic heterocycles. The molecule has 2 rings (SSSR count). The van der Waals surface area contributed by atoms with E-state index in [-0.39, 0.29) is 16.7 Å². The number of nitrogens with two attached hydrogens (primary N) is 1. The molecule has 0 spiro atoms. The zero-order chi connectivity index (χ0) is 11.5. The summed E-state index contributed by atoms with van der Waals surface area (Å²) in [5.74, 6) is -0.0305. The number of benzene rings is 1. The highest BCUT2D eigenvalue weighted by Gasteiger charge is 2.07. The van der Waals surface area contributed by atoms with Gasteiger partial charge in [0.2, 0.25) is 0 Å². The van der Waals surface area contributed by atoms with E-state index in [2.05, 4.69) is 4.98 Å². The molecule has 0 amide bonds. The van der Waals surface area contributed by atoms with Crippen LogP contribution >= 0.6 is 0 Å². The number of nitrogens with zero attached hydrogens (tertiary/aromatic N) is 2. The van der Waals surface area contributed by atoms with Crippen molar-refractivity contribution >= 4 is 10.9 Å². The molecule has 3 N–H and O–H groups in total. The van der Waals surface area contributed by atoms with Crippen LogP contribution < -0.4 is 11.3 Å². The molecule has 1 aromatic heterocycles. The standard InChI is InChI=1S/C11H13N3O2/c12-5-2-6-14-7-13-8-3-1-4-9(15)10(8)11(14)16/h1,3-4,7,15H,2,5-6,12H2. The Bertz CT molecular complexity index is 563. The Labute approximate surface area is 92.2 Å². The number of fused-ring (bicyclic) bond motifs is 1. The van der Waals surface area contributed by atoms with Crippen LogP contribution in [0, 0.1) is 0 Å². The maximum atomic E-state index is 12.0. The van der Waals surface area contributed by atoms with Gasteiger partial charge in [0.1, 0.15) is 11.1 Å². The van der Waals surface area contributed by atoms with E-state index in [1.54, 1.807) is 12.1 Å². The van der Waals surface area contributed by atoms with Crippen molar-refractivity contribution in [1.82, 2.24) is 9.55 Å². The van der Waals surface area contributed by atoms with Crippen LogP contribution in [0.1, 0.15) is 6.42 Å². The summed E-state index contributed by atoms with van der Waals surface area (Å²) in [5.41, 5.74) is 5.67. The topological polar surface area (TPSA) is 81.1 Å². The molecule has 2 aromatic rings. The average Bonchev–Trinajstić information content (AvgIpc) is 2.28. The van der Waals surface area contributed by atoms with E-state index in [9.17, 15) is 9.90 Å². The van der Waals surface area contributed by atoms with Gasteiger partial charge in [0.25, 0.3) is 5.56 Å². The van der Waals surface area contributed by atoms with Crippen molar-refractivity contribution in [1.29, 1.82) is 0 Å². The number of aryl methyl sites for hydroxylation is 1. The lowest BCUT2D eigenvalue weighted by atomic mass is 10.2. The summed E-state index contributed by atoms with van der Waals surface area (Å²) < 4.78 is 1.47. The molecule has 5 heteroatoms. The molecule has 0 saturated carbocycles. The molecule has 0 aliphatic rings. The van der Waals surface area contributed by atoms with Crippen molar-refractivity contribution in [3.8, 4) is 5.75 Å². The zero-order valence-corrected chi connectivity index (χ0v) is 8.76. The predicted molar refractivity (Wildman–Crippen MR) is 61.3 cm³/mol. The van der Waals surface area contributed by atoms with Crippen LogP contribution in [0.3, 0.4) is 0 Å². The fourth-order valence-corrected chi connectivity index (χ4v) is 1.60. The number of rotatable bonds is 3. The molecular formula is C11H13N3O2. The van der Waals surface area contributed by atoms with Gasteiger partial charge in [-0.1, -0.05) is 6.07 Å². The highest BCUT2D eigenvalue weighted by Crippen LogP contribution is 2.18. The summed E-state index contributed by atoms with van der Waals surface area (Å²) in [6.07, 6.45) is 2.19. The molecule has 5 nitrogen and oxygen atoms in total. The second-order valence-electron chi connectivity index (χ2n) is 3.56. The summed E-state index contributed by atoms with van der Waals surface area (Å²) in [5, 5.41) is 9.89. The van der Waals surface area contributed by atoms with E-state index in [4.69, 9.17) is 5.73 Å². The number of aromatic nitrogens is 2. The van der Waals surface area contributed by atoms with Gasteiger partial charge in [-0.3, -0.25) is 9.36 Å². The first-order valence-corrected chi connectivity index (χ1v) is 5.11. The molecule has 0 bridgehead atoms. The Morgan fingerprint density at radius 1 is 1.44 bits per heavy atom. The van der Waals surface area contributed by atoms with Crippen molar-refractivity contribution in [2.75, 3.05) is 6.54 Å². The first-order valence-electron chi connectivity index (χ1n) is 5.11. The monoisotopic (exact) mass is 219 g/mol. The largest absolute Gasteiger partial charge is 0.507 e. The van der Waals surface area contributed by atoms with Crippen molar-refractivity contribution in [3.05, 3.63) is 34.9 Å². The fraction of sp³-hybridized carbons (Fsp3) is 0.273. The van der Waals surface area contributed by atoms with Gasteiger partial charge >= 0.3 is 0 Å². The summed E-state index contributed by atoms with van der Waals surface area (Å²) >= 11 is 0. The summed E-state index contributed by atoms with van der Waals surface area (Å²) in [7, 11) is 0. The van der Waals surface area contributed by atoms with Crippen LogP contribution in [0.25, 0.3) is 10.9 Å². The summed E-state index contributed by atoms with van der Waals surface area (Å²) in [6, 6.07) is 4.84. The Morgan fingerprint density at radius 3 is 3.00 bits per heavy atom. The highest BCUT2D eigenvalue weighted by atomic mass is 16.3. The van der Waals surface area contributed by atoms with Gasteiger partial charge in [-0.05, 0) is 25.1 Å². The van der Waals surface area contributed by atoms with E-state index in [0.29, 0.717) is 25.0 Å². The number of aromatic hydroxyl groups is 1. The number of phenolic OH excluding ortho intramolecular Hbond substituents is 1. The van der Waals surface area contributed by atoms with Crippen molar-refractivity contribution in [3.63, 3.8) is 0 Å². The maximum Gasteiger partial charge on any atom is 0.264 e. The average molecular weight is 219 g/mol.